The number of rotatable bonds is 8. The number of methoxy groups -OCH3 is 2. The molecule has 1 aromatic rings. The van der Waals surface area contributed by atoms with E-state index in [2.05, 4.69) is 12.2 Å². The number of hydrogen-bond acceptors (Lipinski definition) is 3. The molecule has 1 aromatic carbocycles. The summed E-state index contributed by atoms with van der Waals surface area (Å²) in [5.74, 6) is 1.51. The van der Waals surface area contributed by atoms with Crippen molar-refractivity contribution in [3.8, 4) is 11.5 Å². The molecule has 0 saturated heterocycles. The molecule has 0 radical (unpaired) electrons. The summed E-state index contributed by atoms with van der Waals surface area (Å²) in [6.45, 7) is 3.75. The first-order valence-electron chi connectivity index (χ1n) is 6.27. The highest BCUT2D eigenvalue weighted by Gasteiger charge is 2.05. The van der Waals surface area contributed by atoms with Gasteiger partial charge in [0.15, 0.2) is 11.5 Å². The minimum absolute atomic E-state index is 0.204. The van der Waals surface area contributed by atoms with Gasteiger partial charge in [0.05, 0.1) is 14.2 Å². The van der Waals surface area contributed by atoms with E-state index >= 15 is 0 Å². The second kappa shape index (κ2) is 8.22. The average molecular weight is 272 g/mol. The molecule has 0 amide bonds. The van der Waals surface area contributed by atoms with Gasteiger partial charge in [0.2, 0.25) is 0 Å². The van der Waals surface area contributed by atoms with E-state index < -0.39 is 0 Å². The molecule has 3 nitrogen and oxygen atoms in total. The Balaban J connectivity index is 2.47. The molecule has 0 aliphatic carbocycles. The first-order valence-corrected chi connectivity index (χ1v) is 6.70. The van der Waals surface area contributed by atoms with Gasteiger partial charge in [-0.15, -0.1) is 11.6 Å². The van der Waals surface area contributed by atoms with E-state index in [0.29, 0.717) is 0 Å². The molecular weight excluding hydrogens is 250 g/mol. The molecule has 0 heterocycles. The molecular formula is C14H22ClNO2. The SMILES string of the molecule is CCCC(Cl)CNCc1ccc(OC)c(OC)c1. The predicted octanol–water partition coefficient (Wildman–Crippen LogP) is 3.20. The van der Waals surface area contributed by atoms with Crippen molar-refractivity contribution in [3.05, 3.63) is 23.8 Å². The quantitative estimate of drug-likeness (QED) is 0.737. The average Bonchev–Trinajstić information content (AvgIpc) is 2.38. The maximum absolute atomic E-state index is 6.15. The van der Waals surface area contributed by atoms with Crippen LogP contribution in [0.1, 0.15) is 25.3 Å². The molecule has 0 aliphatic heterocycles. The number of hydrogen-bond donors (Lipinski definition) is 1. The first-order chi connectivity index (χ1) is 8.71. The third-order valence-corrected chi connectivity index (χ3v) is 3.12. The van der Waals surface area contributed by atoms with Crippen molar-refractivity contribution < 1.29 is 9.47 Å². The van der Waals surface area contributed by atoms with E-state index in [9.17, 15) is 0 Å². The van der Waals surface area contributed by atoms with Crippen molar-refractivity contribution in [3.63, 3.8) is 0 Å². The molecule has 0 bridgehead atoms. The van der Waals surface area contributed by atoms with Crippen LogP contribution in [-0.2, 0) is 6.54 Å². The van der Waals surface area contributed by atoms with Crippen LogP contribution < -0.4 is 14.8 Å². The van der Waals surface area contributed by atoms with Gasteiger partial charge < -0.3 is 14.8 Å². The number of benzene rings is 1. The minimum atomic E-state index is 0.204. The van der Waals surface area contributed by atoms with Gasteiger partial charge in [-0.3, -0.25) is 0 Å². The number of halogens is 1. The lowest BCUT2D eigenvalue weighted by Crippen LogP contribution is -2.22. The molecule has 0 aliphatic rings. The van der Waals surface area contributed by atoms with Gasteiger partial charge in [-0.2, -0.15) is 0 Å². The zero-order valence-electron chi connectivity index (χ0n) is 11.3. The Labute approximate surface area is 114 Å². The summed E-state index contributed by atoms with van der Waals surface area (Å²) in [7, 11) is 3.28. The van der Waals surface area contributed by atoms with Crippen LogP contribution in [0.3, 0.4) is 0 Å². The highest BCUT2D eigenvalue weighted by atomic mass is 35.5. The maximum Gasteiger partial charge on any atom is 0.161 e. The Bertz CT molecular complexity index is 358. The van der Waals surface area contributed by atoms with Crippen LogP contribution in [0.25, 0.3) is 0 Å². The highest BCUT2D eigenvalue weighted by molar-refractivity contribution is 6.20. The van der Waals surface area contributed by atoms with Gasteiger partial charge >= 0.3 is 0 Å². The third kappa shape index (κ3) is 4.75. The van der Waals surface area contributed by atoms with Gasteiger partial charge in [0.25, 0.3) is 0 Å². The molecule has 0 saturated carbocycles. The predicted molar refractivity (Wildman–Crippen MR) is 75.8 cm³/mol. The van der Waals surface area contributed by atoms with E-state index in [4.69, 9.17) is 21.1 Å². The molecule has 1 rings (SSSR count). The van der Waals surface area contributed by atoms with Crippen LogP contribution in [-0.4, -0.2) is 26.1 Å². The fraction of sp³-hybridized carbons (Fsp3) is 0.571. The van der Waals surface area contributed by atoms with Gasteiger partial charge in [0.1, 0.15) is 0 Å². The molecule has 0 aromatic heterocycles. The summed E-state index contributed by atoms with van der Waals surface area (Å²) in [6.07, 6.45) is 2.16. The fourth-order valence-electron chi connectivity index (χ4n) is 1.78. The van der Waals surface area contributed by atoms with E-state index in [1.54, 1.807) is 14.2 Å². The van der Waals surface area contributed by atoms with Gasteiger partial charge in [-0.25, -0.2) is 0 Å². The van der Waals surface area contributed by atoms with Crippen LogP contribution >= 0.6 is 11.6 Å². The molecule has 4 heteroatoms. The van der Waals surface area contributed by atoms with Crippen LogP contribution in [0.2, 0.25) is 0 Å². The molecule has 0 spiro atoms. The standard InChI is InChI=1S/C14H22ClNO2/c1-4-5-12(15)10-16-9-11-6-7-13(17-2)14(8-11)18-3/h6-8,12,16H,4-5,9-10H2,1-3H3. The van der Waals surface area contributed by atoms with Crippen molar-refractivity contribution in [2.24, 2.45) is 0 Å². The normalized spacial score (nSPS) is 12.2. The van der Waals surface area contributed by atoms with Crippen LogP contribution in [0.15, 0.2) is 18.2 Å². The molecule has 0 fully saturated rings. The Morgan fingerprint density at radius 2 is 1.94 bits per heavy atom. The number of nitrogens with one attached hydrogen (secondary N) is 1. The lowest BCUT2D eigenvalue weighted by molar-refractivity contribution is 0.354. The second-order valence-corrected chi connectivity index (χ2v) is 4.82. The van der Waals surface area contributed by atoms with Gasteiger partial charge in [-0.05, 0) is 24.1 Å². The molecule has 18 heavy (non-hydrogen) atoms. The van der Waals surface area contributed by atoms with E-state index in [-0.39, 0.29) is 5.38 Å². The van der Waals surface area contributed by atoms with Gasteiger partial charge in [0, 0.05) is 18.5 Å². The summed E-state index contributed by atoms with van der Waals surface area (Å²) in [5, 5.41) is 3.55. The Kier molecular flexibility index (Phi) is 6.91. The van der Waals surface area contributed by atoms with Crippen molar-refractivity contribution in [2.75, 3.05) is 20.8 Å². The van der Waals surface area contributed by atoms with Gasteiger partial charge in [-0.1, -0.05) is 19.4 Å². The largest absolute Gasteiger partial charge is 0.493 e. The van der Waals surface area contributed by atoms with Crippen molar-refractivity contribution in [2.45, 2.75) is 31.7 Å². The minimum Gasteiger partial charge on any atom is -0.493 e. The fourth-order valence-corrected chi connectivity index (χ4v) is 2.11. The summed E-state index contributed by atoms with van der Waals surface area (Å²) in [6, 6.07) is 5.92. The Hall–Kier alpha value is -0.930. The molecule has 102 valence electrons. The summed E-state index contributed by atoms with van der Waals surface area (Å²) < 4.78 is 10.5. The zero-order chi connectivity index (χ0) is 13.4. The second-order valence-electron chi connectivity index (χ2n) is 4.21. The number of ether oxygens (including phenoxy) is 2. The zero-order valence-corrected chi connectivity index (χ0v) is 12.1. The van der Waals surface area contributed by atoms with Crippen LogP contribution in [0.4, 0.5) is 0 Å². The van der Waals surface area contributed by atoms with E-state index in [1.165, 1.54) is 0 Å². The van der Waals surface area contributed by atoms with Crippen LogP contribution in [0.5, 0.6) is 11.5 Å². The third-order valence-electron chi connectivity index (χ3n) is 2.74. The molecule has 1 atom stereocenters. The lowest BCUT2D eigenvalue weighted by Gasteiger charge is -2.12. The smallest absolute Gasteiger partial charge is 0.161 e. The first kappa shape index (κ1) is 15.1. The van der Waals surface area contributed by atoms with Crippen molar-refractivity contribution >= 4 is 11.6 Å². The van der Waals surface area contributed by atoms with E-state index in [1.807, 2.05) is 18.2 Å². The lowest BCUT2D eigenvalue weighted by atomic mass is 10.2. The Morgan fingerprint density at radius 3 is 2.56 bits per heavy atom. The summed E-state index contributed by atoms with van der Waals surface area (Å²) in [5.41, 5.74) is 1.16. The summed E-state index contributed by atoms with van der Waals surface area (Å²) >= 11 is 6.15. The van der Waals surface area contributed by atoms with E-state index in [0.717, 1.165) is 43.0 Å². The van der Waals surface area contributed by atoms with Crippen molar-refractivity contribution in [1.29, 1.82) is 0 Å². The Morgan fingerprint density at radius 1 is 1.22 bits per heavy atom. The highest BCUT2D eigenvalue weighted by Crippen LogP contribution is 2.27. The topological polar surface area (TPSA) is 30.5 Å². The monoisotopic (exact) mass is 271 g/mol. The number of alkyl halides is 1. The maximum atomic E-state index is 6.15. The van der Waals surface area contributed by atoms with Crippen molar-refractivity contribution in [1.82, 2.24) is 5.32 Å². The molecule has 1 unspecified atom stereocenters. The van der Waals surface area contributed by atoms with Crippen LogP contribution in [0, 0.1) is 0 Å². The molecule has 1 N–H and O–H groups in total. The summed E-state index contributed by atoms with van der Waals surface area (Å²) in [4.78, 5) is 0.